The van der Waals surface area contributed by atoms with Crippen LogP contribution in [0.2, 0.25) is 0 Å². The van der Waals surface area contributed by atoms with Gasteiger partial charge < -0.3 is 18.9 Å². The Labute approximate surface area is 180 Å². The van der Waals surface area contributed by atoms with Gasteiger partial charge in [-0.2, -0.15) is 10.2 Å². The Hall–Kier alpha value is -3.62. The molecule has 10 nitrogen and oxygen atoms in total. The summed E-state index contributed by atoms with van der Waals surface area (Å²) in [6.45, 7) is 0.276. The van der Waals surface area contributed by atoms with Crippen molar-refractivity contribution in [3.05, 3.63) is 46.1 Å². The highest BCUT2D eigenvalue weighted by molar-refractivity contribution is 5.87. The van der Waals surface area contributed by atoms with E-state index in [0.717, 1.165) is 12.8 Å². The van der Waals surface area contributed by atoms with E-state index >= 15 is 0 Å². The molecule has 1 fully saturated rings. The molecule has 0 unspecified atom stereocenters. The fourth-order valence-electron chi connectivity index (χ4n) is 4.34. The van der Waals surface area contributed by atoms with Gasteiger partial charge in [-0.15, -0.1) is 0 Å². The first-order valence-electron chi connectivity index (χ1n) is 10.2. The monoisotopic (exact) mass is 438 g/mol. The van der Waals surface area contributed by atoms with Crippen molar-refractivity contribution in [1.82, 2.24) is 24.1 Å². The Balaban J connectivity index is 1.77. The third-order valence-corrected chi connectivity index (χ3v) is 5.95. The molecule has 3 heterocycles. The highest BCUT2D eigenvalue weighted by Crippen LogP contribution is 2.38. The van der Waals surface area contributed by atoms with Crippen LogP contribution in [-0.2, 0) is 16.9 Å². The van der Waals surface area contributed by atoms with Crippen molar-refractivity contribution in [1.29, 1.82) is 5.26 Å². The van der Waals surface area contributed by atoms with Gasteiger partial charge in [0.2, 0.25) is 5.82 Å². The normalized spacial score (nSPS) is 15.6. The Morgan fingerprint density at radius 1 is 1.34 bits per heavy atom. The molecule has 0 amide bonds. The van der Waals surface area contributed by atoms with Crippen LogP contribution in [0.25, 0.3) is 28.1 Å². The van der Waals surface area contributed by atoms with Crippen molar-refractivity contribution in [3.8, 4) is 17.6 Å². The molecule has 0 spiro atoms. The lowest BCUT2D eigenvalue weighted by atomic mass is 10.0. The van der Waals surface area contributed by atoms with Crippen LogP contribution >= 0.6 is 0 Å². The first-order chi connectivity index (χ1) is 15.5. The Kier molecular flexibility index (Phi) is 4.76. The maximum absolute atomic E-state index is 14.4. The van der Waals surface area contributed by atoms with Crippen molar-refractivity contribution >= 4 is 16.6 Å². The number of methoxy groups -OCH3 is 1. The smallest absolute Gasteiger partial charge is 0.277 e. The van der Waals surface area contributed by atoms with Crippen LogP contribution in [0.3, 0.4) is 0 Å². The number of hydrogen-bond donors (Lipinski definition) is 1. The topological polar surface area (TPSA) is 131 Å². The van der Waals surface area contributed by atoms with Gasteiger partial charge in [0.15, 0.2) is 0 Å². The molecular weight excluding hydrogens is 419 g/mol. The summed E-state index contributed by atoms with van der Waals surface area (Å²) in [5.41, 5.74) is -1.03. The van der Waals surface area contributed by atoms with Gasteiger partial charge in [0, 0.05) is 13.7 Å². The molecular formula is C21H19FN6O4. The molecule has 1 aliphatic rings. The Morgan fingerprint density at radius 2 is 2.12 bits per heavy atom. The minimum absolute atomic E-state index is 0.0696. The number of nitriles is 1. The molecule has 0 aliphatic heterocycles. The molecule has 164 valence electrons. The molecule has 32 heavy (non-hydrogen) atoms. The number of ether oxygens (including phenoxy) is 1. The minimum atomic E-state index is -1.18. The van der Waals surface area contributed by atoms with Crippen molar-refractivity contribution < 1.29 is 18.8 Å². The number of benzene rings is 1. The van der Waals surface area contributed by atoms with E-state index in [9.17, 15) is 19.6 Å². The van der Waals surface area contributed by atoms with Gasteiger partial charge in [0.1, 0.15) is 40.6 Å². The van der Waals surface area contributed by atoms with E-state index < -0.39 is 17.0 Å². The lowest BCUT2D eigenvalue weighted by Crippen LogP contribution is -2.26. The number of fused-ring (bicyclic) bond motifs is 3. The second-order valence-corrected chi connectivity index (χ2v) is 7.83. The number of imidazole rings is 1. The predicted molar refractivity (Wildman–Crippen MR) is 109 cm³/mol. The largest absolute Gasteiger partial charge is 0.383 e. The van der Waals surface area contributed by atoms with Crippen molar-refractivity contribution in [2.75, 3.05) is 13.7 Å². The molecule has 1 saturated carbocycles. The fourth-order valence-corrected chi connectivity index (χ4v) is 4.34. The van der Waals surface area contributed by atoms with E-state index in [0.29, 0.717) is 18.4 Å². The van der Waals surface area contributed by atoms with Crippen LogP contribution < -0.4 is 5.56 Å². The molecule has 4 aromatic rings. The van der Waals surface area contributed by atoms with E-state index in [1.54, 1.807) is 0 Å². The average molecular weight is 438 g/mol. The number of aromatic nitrogens is 5. The highest BCUT2D eigenvalue weighted by Gasteiger charge is 2.39. The van der Waals surface area contributed by atoms with Gasteiger partial charge in [0.25, 0.3) is 11.4 Å². The zero-order chi connectivity index (χ0) is 22.5. The molecule has 5 rings (SSSR count). The van der Waals surface area contributed by atoms with E-state index in [1.165, 1.54) is 34.5 Å². The summed E-state index contributed by atoms with van der Waals surface area (Å²) in [5, 5.41) is 24.2. The van der Waals surface area contributed by atoms with E-state index in [-0.39, 0.29) is 47.2 Å². The Bertz CT molecular complexity index is 1440. The maximum atomic E-state index is 14.4. The average Bonchev–Trinajstić information content (AvgIpc) is 3.53. The second-order valence-electron chi connectivity index (χ2n) is 7.83. The summed E-state index contributed by atoms with van der Waals surface area (Å²) in [7, 11) is 1.48. The zero-order valence-electron chi connectivity index (χ0n) is 17.2. The number of aliphatic hydroxyl groups is 1. The fraction of sp³-hybridized carbons (Fsp3) is 0.381. The quantitative estimate of drug-likeness (QED) is 0.501. The van der Waals surface area contributed by atoms with Crippen molar-refractivity contribution in [2.45, 2.75) is 37.8 Å². The lowest BCUT2D eigenvalue weighted by molar-refractivity contribution is 0.0112. The molecule has 1 aliphatic carbocycles. The van der Waals surface area contributed by atoms with Gasteiger partial charge in [-0.25, -0.2) is 9.37 Å². The van der Waals surface area contributed by atoms with Crippen LogP contribution in [-0.4, -0.2) is 42.9 Å². The predicted octanol–water partition coefficient (Wildman–Crippen LogP) is 2.12. The standard InChI is InChI=1S/C21H19FN6O4/c1-31-9-8-27-16-12(10-23)13(22)4-5-14(16)28-11-24-15(17(28)19(27)29)18-25-20(32-26-18)21(30)6-2-3-7-21/h4-5,11,30H,2-3,6-9H2,1H3. The van der Waals surface area contributed by atoms with Crippen molar-refractivity contribution in [3.63, 3.8) is 0 Å². The molecule has 11 heteroatoms. The summed E-state index contributed by atoms with van der Waals surface area (Å²) >= 11 is 0. The summed E-state index contributed by atoms with van der Waals surface area (Å²) in [4.78, 5) is 22.1. The molecule has 0 saturated heterocycles. The van der Waals surface area contributed by atoms with Gasteiger partial charge in [-0.1, -0.05) is 5.16 Å². The highest BCUT2D eigenvalue weighted by atomic mass is 19.1. The van der Waals surface area contributed by atoms with E-state index in [2.05, 4.69) is 15.1 Å². The van der Waals surface area contributed by atoms with Gasteiger partial charge in [-0.3, -0.25) is 9.20 Å². The van der Waals surface area contributed by atoms with Crippen LogP contribution in [0.1, 0.15) is 37.1 Å². The van der Waals surface area contributed by atoms with E-state index in [1.807, 2.05) is 6.07 Å². The van der Waals surface area contributed by atoms with Crippen molar-refractivity contribution in [2.24, 2.45) is 0 Å². The van der Waals surface area contributed by atoms with Gasteiger partial charge in [-0.05, 0) is 37.8 Å². The summed E-state index contributed by atoms with van der Waals surface area (Å²) in [5.74, 6) is -0.557. The third-order valence-electron chi connectivity index (χ3n) is 5.95. The lowest BCUT2D eigenvalue weighted by Gasteiger charge is -2.15. The number of halogens is 1. The van der Waals surface area contributed by atoms with Gasteiger partial charge in [0.05, 0.1) is 17.6 Å². The van der Waals surface area contributed by atoms with Crippen LogP contribution in [0.5, 0.6) is 0 Å². The molecule has 0 bridgehead atoms. The van der Waals surface area contributed by atoms with E-state index in [4.69, 9.17) is 9.26 Å². The summed E-state index contributed by atoms with van der Waals surface area (Å²) in [6.07, 6.45) is 4.16. The summed E-state index contributed by atoms with van der Waals surface area (Å²) < 4.78 is 27.6. The molecule has 0 atom stereocenters. The maximum Gasteiger partial charge on any atom is 0.277 e. The molecule has 1 aromatic carbocycles. The zero-order valence-corrected chi connectivity index (χ0v) is 17.2. The van der Waals surface area contributed by atoms with Gasteiger partial charge >= 0.3 is 0 Å². The second kappa shape index (κ2) is 7.51. The SMILES string of the molecule is COCCn1c(=O)c2c(-c3noc(C4(O)CCCC4)n3)ncn2c2ccc(F)c(C#N)c21. The minimum Gasteiger partial charge on any atom is -0.383 e. The number of nitrogens with zero attached hydrogens (tertiary/aromatic N) is 6. The number of rotatable bonds is 5. The first kappa shape index (κ1) is 20.3. The van der Waals surface area contributed by atoms with Crippen LogP contribution in [0.15, 0.2) is 27.8 Å². The third kappa shape index (κ3) is 2.91. The van der Waals surface area contributed by atoms with Crippen LogP contribution in [0.4, 0.5) is 4.39 Å². The van der Waals surface area contributed by atoms with Crippen LogP contribution in [0, 0.1) is 17.1 Å². The molecule has 1 N–H and O–H groups in total. The molecule has 0 radical (unpaired) electrons. The summed E-state index contributed by atoms with van der Waals surface area (Å²) in [6, 6.07) is 4.50. The molecule has 3 aromatic heterocycles. The number of hydrogen-bond acceptors (Lipinski definition) is 8. The first-order valence-corrected chi connectivity index (χ1v) is 10.2. The Morgan fingerprint density at radius 3 is 2.84 bits per heavy atom.